The first kappa shape index (κ1) is 61.1. The number of hydrogen-bond donors (Lipinski definition) is 4. The molecule has 4 aliphatic rings. The minimum Gasteiger partial charge on any atom is -0.867 e. The molecule has 0 bridgehead atoms. The van der Waals surface area contributed by atoms with Crippen molar-refractivity contribution < 1.29 is 105 Å². The second-order valence-electron chi connectivity index (χ2n) is 17.8. The van der Waals surface area contributed by atoms with Gasteiger partial charge in [-0.25, -0.2) is 19.6 Å². The molecule has 4 aromatic rings. The van der Waals surface area contributed by atoms with E-state index in [-0.39, 0.29) is 55.9 Å². The van der Waals surface area contributed by atoms with E-state index in [1.54, 1.807) is 100 Å². The van der Waals surface area contributed by atoms with Crippen molar-refractivity contribution in [2.45, 2.75) is 52.4 Å². The van der Waals surface area contributed by atoms with E-state index in [9.17, 15) is 66.6 Å². The smallest absolute Gasteiger partial charge is 0.448 e. The maximum Gasteiger partial charge on any atom is 0.448 e. The molecule has 0 fully saturated rings. The van der Waals surface area contributed by atoms with E-state index in [4.69, 9.17) is 28.4 Å². The zero-order chi connectivity index (χ0) is 59.2. The molecule has 4 aromatic carbocycles. The summed E-state index contributed by atoms with van der Waals surface area (Å²) >= 11 is 0. The van der Waals surface area contributed by atoms with Crippen LogP contribution in [0.2, 0.25) is 0 Å². The number of aryl methyl sites for hydroxylation is 4. The molecule has 0 radical (unpaired) electrons. The van der Waals surface area contributed by atoms with Crippen LogP contribution in [0.1, 0.15) is 43.0 Å². The Morgan fingerprint density at radius 2 is 0.850 bits per heavy atom. The third-order valence-corrected chi connectivity index (χ3v) is 11.9. The fourth-order valence-corrected chi connectivity index (χ4v) is 8.50. The van der Waals surface area contributed by atoms with Gasteiger partial charge in [-0.3, -0.25) is 0 Å². The highest BCUT2D eigenvalue weighted by molar-refractivity contribution is 6.27. The number of fused-ring (bicyclic) bond motifs is 4. The number of alkyl halides is 12. The van der Waals surface area contributed by atoms with E-state index < -0.39 is 70.2 Å². The van der Waals surface area contributed by atoms with Gasteiger partial charge in [-0.1, -0.05) is 36.4 Å². The number of methoxy groups -OCH3 is 2. The lowest BCUT2D eigenvalue weighted by Gasteiger charge is -2.19. The average Bonchev–Trinajstić information content (AvgIpc) is 3.36. The molecular weight excluding hydrogens is 1090 g/mol. The van der Waals surface area contributed by atoms with E-state index in [0.717, 1.165) is 0 Å². The van der Waals surface area contributed by atoms with Gasteiger partial charge < -0.3 is 43.3 Å². The van der Waals surface area contributed by atoms with Crippen LogP contribution in [0.4, 0.5) is 68.4 Å². The van der Waals surface area contributed by atoms with E-state index >= 15 is 0 Å². The van der Waals surface area contributed by atoms with Gasteiger partial charge in [0.05, 0.1) is 37.5 Å². The van der Waals surface area contributed by atoms with Crippen LogP contribution in [0.5, 0.6) is 0 Å². The van der Waals surface area contributed by atoms with Crippen molar-refractivity contribution in [1.82, 2.24) is 0 Å². The summed E-state index contributed by atoms with van der Waals surface area (Å²) in [7, 11) is -0.692. The number of benzene rings is 6. The second-order valence-corrected chi connectivity index (χ2v) is 17.8. The predicted molar refractivity (Wildman–Crippen MR) is 264 cm³/mol. The van der Waals surface area contributed by atoms with E-state index in [0.29, 0.717) is 66.4 Å². The van der Waals surface area contributed by atoms with Crippen LogP contribution >= 0.6 is 0 Å². The van der Waals surface area contributed by atoms with Crippen LogP contribution in [0.3, 0.4) is 0 Å². The molecule has 26 heteroatoms. The summed E-state index contributed by atoms with van der Waals surface area (Å²) in [6, 6.07) is 25.5. The summed E-state index contributed by atoms with van der Waals surface area (Å²) in [4.78, 5) is 29.9. The number of rotatable bonds is 10. The third kappa shape index (κ3) is 15.6. The Balaban J connectivity index is 0.000000242. The SMILES string of the molecule is COC(=O)c1ccccc1-c1c2cc(C)c(=[NH+]CC(F)(F)F)cc-2oc2cc(NCC(F)(F)F)c(C)cc12.COC(=O)c1ccccc1-c1c2cc(C)c(=[NH+]CC(F)(F)F)cc-2oc2cc(NCC(F)(F)F)c(C)cc12.[O-]B([O-])F. The number of hydrogen-bond acceptors (Lipinski definition) is 10. The van der Waals surface area contributed by atoms with Gasteiger partial charge in [0, 0.05) is 67.7 Å². The van der Waals surface area contributed by atoms with Crippen molar-refractivity contribution in [3.8, 4) is 44.9 Å². The van der Waals surface area contributed by atoms with Crippen LogP contribution in [0, 0.1) is 27.7 Å². The summed E-state index contributed by atoms with van der Waals surface area (Å²) in [6.07, 6.45) is -17.8. The van der Waals surface area contributed by atoms with Crippen LogP contribution in [0.25, 0.3) is 66.8 Å². The zero-order valence-corrected chi connectivity index (χ0v) is 42.8. The Morgan fingerprint density at radius 3 is 1.16 bits per heavy atom. The lowest BCUT2D eigenvalue weighted by atomic mass is 9.89. The molecule has 0 aromatic heterocycles. The number of anilines is 2. The lowest BCUT2D eigenvalue weighted by molar-refractivity contribution is -0.536. The molecule has 0 saturated carbocycles. The first-order valence-corrected chi connectivity index (χ1v) is 23.5. The highest BCUT2D eigenvalue weighted by atomic mass is 19.4. The van der Waals surface area contributed by atoms with Crippen LogP contribution < -0.4 is 41.4 Å². The Morgan fingerprint density at radius 1 is 0.512 bits per heavy atom. The molecule has 8 rings (SSSR count). The Hall–Kier alpha value is -8.13. The fourth-order valence-electron chi connectivity index (χ4n) is 8.50. The van der Waals surface area contributed by atoms with Crippen LogP contribution in [0.15, 0.2) is 106 Å². The summed E-state index contributed by atoms with van der Waals surface area (Å²) in [6.45, 7) is 1.46. The Labute approximate surface area is 446 Å². The molecule has 12 nitrogen and oxygen atoms in total. The molecule has 0 atom stereocenters. The van der Waals surface area contributed by atoms with E-state index in [2.05, 4.69) is 20.6 Å². The van der Waals surface area contributed by atoms with Gasteiger partial charge >= 0.3 is 36.6 Å². The molecule has 0 saturated heterocycles. The average molecular weight is 1140 g/mol. The predicted octanol–water partition coefficient (Wildman–Crippen LogP) is 7.91. The Bertz CT molecular complexity index is 3410. The molecule has 0 unspecified atom stereocenters. The number of esters is 2. The first-order chi connectivity index (χ1) is 37.3. The monoisotopic (exact) mass is 1140 g/mol. The number of carbonyl (C=O) groups is 2. The lowest BCUT2D eigenvalue weighted by Crippen LogP contribution is -2.80. The minimum atomic E-state index is -4.46. The molecule has 4 N–H and O–H groups in total. The minimum absolute atomic E-state index is 0.174. The van der Waals surface area contributed by atoms with Crippen LogP contribution in [-0.4, -0.2) is 84.4 Å². The molecule has 0 spiro atoms. The topological polar surface area (TPSA) is 177 Å². The summed E-state index contributed by atoms with van der Waals surface area (Å²) in [5, 5.41) is 22.7. The maximum absolute atomic E-state index is 12.9. The normalized spacial score (nSPS) is 12.5. The van der Waals surface area contributed by atoms with Gasteiger partial charge in [0.15, 0.2) is 0 Å². The number of carbonyl (C=O) groups excluding carboxylic acids is 2. The summed E-state index contributed by atoms with van der Waals surface area (Å²) < 4.78 is 186. The maximum atomic E-state index is 12.9. The first-order valence-electron chi connectivity index (χ1n) is 23.5. The van der Waals surface area contributed by atoms with Crippen molar-refractivity contribution in [1.29, 1.82) is 0 Å². The molecule has 2 aliphatic heterocycles. The largest absolute Gasteiger partial charge is 0.867 e. The highest BCUT2D eigenvalue weighted by Gasteiger charge is 2.33. The zero-order valence-electron chi connectivity index (χ0n) is 42.8. The van der Waals surface area contributed by atoms with Gasteiger partial charge in [-0.15, -0.1) is 0 Å². The van der Waals surface area contributed by atoms with Crippen molar-refractivity contribution in [2.24, 2.45) is 0 Å². The molecule has 424 valence electrons. The second kappa shape index (κ2) is 24.5. The van der Waals surface area contributed by atoms with Gasteiger partial charge in [0.1, 0.15) is 43.2 Å². The fraction of sp³-hybridized carbons (Fsp3) is 0.259. The number of ether oxygens (including phenoxy) is 2. The van der Waals surface area contributed by atoms with Gasteiger partial charge in [-0.05, 0) is 86.3 Å². The van der Waals surface area contributed by atoms with Crippen molar-refractivity contribution in [2.75, 3.05) is 51.0 Å². The Kier molecular flexibility index (Phi) is 18.7. The van der Waals surface area contributed by atoms with Crippen molar-refractivity contribution in [3.63, 3.8) is 0 Å². The summed E-state index contributed by atoms with van der Waals surface area (Å²) in [5.41, 5.74) is 6.13. The third-order valence-electron chi connectivity index (χ3n) is 11.9. The van der Waals surface area contributed by atoms with Gasteiger partial charge in [0.2, 0.25) is 23.8 Å². The van der Waals surface area contributed by atoms with Crippen molar-refractivity contribution in [3.05, 3.63) is 141 Å². The molecule has 2 aliphatic carbocycles. The molecule has 0 amide bonds. The van der Waals surface area contributed by atoms with Crippen LogP contribution in [-0.2, 0) is 9.47 Å². The quantitative estimate of drug-likeness (QED) is 0.0456. The molecule has 2 heterocycles. The van der Waals surface area contributed by atoms with E-state index in [1.807, 2.05) is 0 Å². The van der Waals surface area contributed by atoms with Crippen molar-refractivity contribution >= 4 is 52.6 Å². The summed E-state index contributed by atoms with van der Waals surface area (Å²) in [5.74, 6) is -0.868. The van der Waals surface area contributed by atoms with Gasteiger partial charge in [0.25, 0.3) is 0 Å². The number of nitrogens with one attached hydrogen (secondary N) is 4. The van der Waals surface area contributed by atoms with E-state index in [1.165, 1.54) is 38.5 Å². The van der Waals surface area contributed by atoms with Gasteiger partial charge in [-0.2, -0.15) is 52.7 Å². The number of halogens is 13. The standard InChI is InChI=1S/2C27H22F6N2O3.BFO2/c2*1-14-8-18-22(10-20(14)34-12-26(28,29)30)38-23-11-21(35-13-27(31,32)33)15(2)9-19(23)24(18)16-6-4-5-7-17(16)25(36)37-3;2-1(3)4/h2*4-11,34H,12-13H2,1-3H3;/q;;-2/p+2. The molecular formula is C54H46BF13N4O8. The molecule has 80 heavy (non-hydrogen) atoms. The highest BCUT2D eigenvalue weighted by Crippen LogP contribution is 2.45.